The van der Waals surface area contributed by atoms with Crippen LogP contribution in [0.1, 0.15) is 42.4 Å². The topological polar surface area (TPSA) is 75.0 Å². The molecule has 0 aliphatic heterocycles. The van der Waals surface area contributed by atoms with Crippen LogP contribution in [-0.2, 0) is 6.42 Å². The first-order valence-corrected chi connectivity index (χ1v) is 6.43. The van der Waals surface area contributed by atoms with Crippen LogP contribution in [0.4, 0.5) is 5.69 Å². The molecule has 1 amide bonds. The lowest BCUT2D eigenvalue weighted by Crippen LogP contribution is -2.33. The van der Waals surface area contributed by atoms with E-state index in [4.69, 9.17) is 5.73 Å². The third-order valence-corrected chi connectivity index (χ3v) is 3.16. The van der Waals surface area contributed by atoms with Crippen molar-refractivity contribution in [2.24, 2.45) is 0 Å². The van der Waals surface area contributed by atoms with E-state index in [-0.39, 0.29) is 5.91 Å². The first-order valence-electron chi connectivity index (χ1n) is 6.43. The Bertz CT molecular complexity index is 448. The molecule has 0 aromatic carbocycles. The van der Waals surface area contributed by atoms with E-state index in [9.17, 15) is 4.79 Å². The fraction of sp³-hybridized carbons (Fsp3) is 0.538. The number of nitrogens with zero attached hydrogens (tertiary/aromatic N) is 2. The molecule has 1 aliphatic carbocycles. The van der Waals surface area contributed by atoms with Crippen LogP contribution in [0.2, 0.25) is 0 Å². The number of hydrogen-bond acceptors (Lipinski definition) is 3. The Hall–Kier alpha value is -1.78. The fourth-order valence-electron chi connectivity index (χ4n) is 2.05. The molecule has 98 valence electrons. The van der Waals surface area contributed by atoms with Gasteiger partial charge < -0.3 is 10.6 Å². The predicted molar refractivity (Wildman–Crippen MR) is 71.3 cm³/mol. The first-order chi connectivity index (χ1) is 8.69. The zero-order valence-electron chi connectivity index (χ0n) is 10.8. The minimum Gasteiger partial charge on any atom is -0.395 e. The highest BCUT2D eigenvalue weighted by Gasteiger charge is 2.34. The van der Waals surface area contributed by atoms with Crippen LogP contribution < -0.4 is 5.73 Å². The van der Waals surface area contributed by atoms with Crippen molar-refractivity contribution in [1.29, 1.82) is 0 Å². The number of nitrogens with two attached hydrogens (primary N) is 1. The van der Waals surface area contributed by atoms with E-state index >= 15 is 0 Å². The van der Waals surface area contributed by atoms with E-state index < -0.39 is 0 Å². The molecular formula is C13H20N4O. The van der Waals surface area contributed by atoms with Gasteiger partial charge in [-0.25, -0.2) is 0 Å². The zero-order chi connectivity index (χ0) is 13.1. The molecule has 0 unspecified atom stereocenters. The molecule has 1 fully saturated rings. The number of anilines is 1. The van der Waals surface area contributed by atoms with E-state index in [1.807, 2.05) is 0 Å². The zero-order valence-corrected chi connectivity index (χ0v) is 10.8. The molecule has 1 aromatic rings. The number of rotatable bonds is 6. The minimum absolute atomic E-state index is 0.0893. The van der Waals surface area contributed by atoms with Crippen LogP contribution in [0.15, 0.2) is 12.7 Å². The first kappa shape index (κ1) is 12.7. The number of carbonyl (C=O) groups is 1. The van der Waals surface area contributed by atoms with Gasteiger partial charge in [-0.3, -0.25) is 9.89 Å². The Morgan fingerprint density at radius 1 is 1.67 bits per heavy atom. The highest BCUT2D eigenvalue weighted by molar-refractivity contribution is 5.98. The van der Waals surface area contributed by atoms with Crippen molar-refractivity contribution >= 4 is 11.6 Å². The maximum Gasteiger partial charge on any atom is 0.277 e. The van der Waals surface area contributed by atoms with Crippen LogP contribution in [0.25, 0.3) is 0 Å². The predicted octanol–water partition coefficient (Wildman–Crippen LogP) is 1.73. The third kappa shape index (κ3) is 2.39. The Morgan fingerprint density at radius 2 is 2.39 bits per heavy atom. The van der Waals surface area contributed by atoms with Crippen molar-refractivity contribution in [2.45, 2.75) is 38.6 Å². The van der Waals surface area contributed by atoms with E-state index in [0.717, 1.165) is 31.4 Å². The fourth-order valence-corrected chi connectivity index (χ4v) is 2.05. The van der Waals surface area contributed by atoms with Crippen molar-refractivity contribution in [3.63, 3.8) is 0 Å². The largest absolute Gasteiger partial charge is 0.395 e. The lowest BCUT2D eigenvalue weighted by molar-refractivity contribution is 0.0758. The summed E-state index contributed by atoms with van der Waals surface area (Å²) in [4.78, 5) is 14.2. The van der Waals surface area contributed by atoms with Crippen molar-refractivity contribution in [1.82, 2.24) is 15.1 Å². The number of hydrogen-bond donors (Lipinski definition) is 2. The SMILES string of the molecule is C=CCN(C(=O)c1n[nH]c(CCC)c1N)C1CC1. The number of nitrogens with one attached hydrogen (secondary N) is 1. The van der Waals surface area contributed by atoms with Gasteiger partial charge in [-0.1, -0.05) is 19.4 Å². The standard InChI is InChI=1S/C13H20N4O/c1-3-5-10-11(14)12(16-15-10)13(18)17(8-4-2)9-6-7-9/h4,9H,2-3,5-8,14H2,1H3,(H,15,16). The van der Waals surface area contributed by atoms with Gasteiger partial charge in [0.25, 0.3) is 5.91 Å². The summed E-state index contributed by atoms with van der Waals surface area (Å²) < 4.78 is 0. The maximum absolute atomic E-state index is 12.4. The molecule has 1 aliphatic rings. The lowest BCUT2D eigenvalue weighted by atomic mass is 10.2. The van der Waals surface area contributed by atoms with Gasteiger partial charge in [0.15, 0.2) is 5.69 Å². The van der Waals surface area contributed by atoms with Gasteiger partial charge in [-0.05, 0) is 19.3 Å². The molecule has 0 saturated heterocycles. The van der Waals surface area contributed by atoms with Gasteiger partial charge in [0.05, 0.1) is 11.4 Å². The Morgan fingerprint density at radius 3 is 2.94 bits per heavy atom. The summed E-state index contributed by atoms with van der Waals surface area (Å²) in [5.41, 5.74) is 7.69. The molecule has 1 saturated carbocycles. The van der Waals surface area contributed by atoms with Crippen LogP contribution in [0, 0.1) is 0 Å². The number of H-pyrrole nitrogens is 1. The number of aryl methyl sites for hydroxylation is 1. The van der Waals surface area contributed by atoms with Crippen molar-refractivity contribution in [2.75, 3.05) is 12.3 Å². The smallest absolute Gasteiger partial charge is 0.277 e. The van der Waals surface area contributed by atoms with Gasteiger partial charge in [-0.15, -0.1) is 6.58 Å². The minimum atomic E-state index is -0.0893. The summed E-state index contributed by atoms with van der Waals surface area (Å²) in [5.74, 6) is -0.0893. The highest BCUT2D eigenvalue weighted by Crippen LogP contribution is 2.29. The van der Waals surface area contributed by atoms with Crippen molar-refractivity contribution < 1.29 is 4.79 Å². The summed E-state index contributed by atoms with van der Waals surface area (Å²) in [6.45, 7) is 6.31. The number of carbonyl (C=O) groups excluding carboxylic acids is 1. The average molecular weight is 248 g/mol. The third-order valence-electron chi connectivity index (χ3n) is 3.16. The van der Waals surface area contributed by atoms with E-state index in [0.29, 0.717) is 24.0 Å². The Kier molecular flexibility index (Phi) is 3.69. The van der Waals surface area contributed by atoms with E-state index in [1.54, 1.807) is 11.0 Å². The van der Waals surface area contributed by atoms with E-state index in [1.165, 1.54) is 0 Å². The second-order valence-electron chi connectivity index (χ2n) is 4.69. The molecule has 0 atom stereocenters. The Labute approximate surface area is 107 Å². The van der Waals surface area contributed by atoms with Crippen LogP contribution >= 0.6 is 0 Å². The molecule has 5 nitrogen and oxygen atoms in total. The van der Waals surface area contributed by atoms with Crippen molar-refractivity contribution in [3.8, 4) is 0 Å². The molecule has 2 rings (SSSR count). The molecule has 0 bridgehead atoms. The molecule has 0 radical (unpaired) electrons. The molecule has 1 aromatic heterocycles. The van der Waals surface area contributed by atoms with Gasteiger partial charge in [0.2, 0.25) is 0 Å². The number of nitrogen functional groups attached to an aromatic ring is 1. The van der Waals surface area contributed by atoms with Crippen LogP contribution in [0.5, 0.6) is 0 Å². The van der Waals surface area contributed by atoms with Gasteiger partial charge in [0.1, 0.15) is 0 Å². The lowest BCUT2D eigenvalue weighted by Gasteiger charge is -2.19. The molecular weight excluding hydrogens is 228 g/mol. The molecule has 0 spiro atoms. The van der Waals surface area contributed by atoms with Gasteiger partial charge in [0, 0.05) is 12.6 Å². The molecule has 3 N–H and O–H groups in total. The number of aromatic amines is 1. The monoisotopic (exact) mass is 248 g/mol. The second kappa shape index (κ2) is 5.25. The second-order valence-corrected chi connectivity index (χ2v) is 4.69. The molecule has 1 heterocycles. The highest BCUT2D eigenvalue weighted by atomic mass is 16.2. The normalized spacial score (nSPS) is 14.5. The maximum atomic E-state index is 12.4. The number of aromatic nitrogens is 2. The Balaban J connectivity index is 2.18. The van der Waals surface area contributed by atoms with Crippen molar-refractivity contribution in [3.05, 3.63) is 24.0 Å². The van der Waals surface area contributed by atoms with Gasteiger partial charge >= 0.3 is 0 Å². The summed E-state index contributed by atoms with van der Waals surface area (Å²) in [5, 5.41) is 6.94. The van der Waals surface area contributed by atoms with Crippen LogP contribution in [-0.4, -0.2) is 33.6 Å². The molecule has 5 heteroatoms. The van der Waals surface area contributed by atoms with Crippen LogP contribution in [0.3, 0.4) is 0 Å². The summed E-state index contributed by atoms with van der Waals surface area (Å²) in [6, 6.07) is 0.334. The average Bonchev–Trinajstić information content (AvgIpc) is 3.13. The quantitative estimate of drug-likeness (QED) is 0.753. The summed E-state index contributed by atoms with van der Waals surface area (Å²) in [6.07, 6.45) is 5.65. The summed E-state index contributed by atoms with van der Waals surface area (Å²) >= 11 is 0. The number of amides is 1. The summed E-state index contributed by atoms with van der Waals surface area (Å²) in [7, 11) is 0. The van der Waals surface area contributed by atoms with Gasteiger partial charge in [-0.2, -0.15) is 5.10 Å². The van der Waals surface area contributed by atoms with E-state index in [2.05, 4.69) is 23.7 Å². The molecule has 18 heavy (non-hydrogen) atoms.